The fraction of sp³-hybridized carbons (Fsp3) is 0.227. The number of ether oxygens (including phenoxy) is 1. The Bertz CT molecular complexity index is 1140. The number of nitrogens with zero attached hydrogens (tertiary/aromatic N) is 1. The van der Waals surface area contributed by atoms with Gasteiger partial charge in [0, 0.05) is 23.1 Å². The number of rotatable bonds is 7. The molecule has 0 radical (unpaired) electrons. The highest BCUT2D eigenvalue weighted by atomic mass is 35.5. The number of hydrogen-bond donors (Lipinski definition) is 1. The first-order valence-electron chi connectivity index (χ1n) is 9.39. The molecule has 1 N–H and O–H groups in total. The maximum absolute atomic E-state index is 12.3. The van der Waals surface area contributed by atoms with Crippen molar-refractivity contribution in [3.8, 4) is 5.75 Å². The number of halogens is 2. The Morgan fingerprint density at radius 2 is 1.97 bits per heavy atom. The highest BCUT2D eigenvalue weighted by Gasteiger charge is 2.15. The van der Waals surface area contributed by atoms with Gasteiger partial charge in [-0.15, -0.1) is 0 Å². The molecule has 0 aliphatic carbocycles. The van der Waals surface area contributed by atoms with Crippen molar-refractivity contribution in [2.24, 2.45) is 5.10 Å². The SMILES string of the molecule is CCCc1cc(=O)oc2cc(OC(C)C(=O)N/N=C/c3c(Cl)cccc3Cl)ccc12. The van der Waals surface area contributed by atoms with Crippen LogP contribution in [0.25, 0.3) is 11.0 Å². The Morgan fingerprint density at radius 3 is 2.67 bits per heavy atom. The van der Waals surface area contributed by atoms with Crippen LogP contribution in [0.3, 0.4) is 0 Å². The molecule has 1 aromatic heterocycles. The molecule has 1 heterocycles. The predicted octanol–water partition coefficient (Wildman–Crippen LogP) is 4.97. The molecule has 2 aromatic carbocycles. The first kappa shape index (κ1) is 21.9. The zero-order valence-electron chi connectivity index (χ0n) is 16.4. The predicted molar refractivity (Wildman–Crippen MR) is 119 cm³/mol. The lowest BCUT2D eigenvalue weighted by atomic mass is 10.1. The molecular weight excluding hydrogens is 427 g/mol. The number of nitrogens with one attached hydrogen (secondary N) is 1. The van der Waals surface area contributed by atoms with E-state index in [0.29, 0.717) is 26.9 Å². The van der Waals surface area contributed by atoms with E-state index in [1.807, 2.05) is 13.0 Å². The first-order valence-corrected chi connectivity index (χ1v) is 10.1. The molecule has 3 aromatic rings. The van der Waals surface area contributed by atoms with Crippen LogP contribution in [-0.4, -0.2) is 18.2 Å². The van der Waals surface area contributed by atoms with Gasteiger partial charge >= 0.3 is 5.63 Å². The summed E-state index contributed by atoms with van der Waals surface area (Å²) in [7, 11) is 0. The monoisotopic (exact) mass is 446 g/mol. The van der Waals surface area contributed by atoms with Crippen LogP contribution in [0.5, 0.6) is 5.75 Å². The molecule has 0 spiro atoms. The number of aryl methyl sites for hydroxylation is 1. The van der Waals surface area contributed by atoms with Gasteiger partial charge in [-0.05, 0) is 43.2 Å². The largest absolute Gasteiger partial charge is 0.481 e. The molecule has 156 valence electrons. The van der Waals surface area contributed by atoms with E-state index in [1.54, 1.807) is 37.3 Å². The van der Waals surface area contributed by atoms with Crippen molar-refractivity contribution in [1.29, 1.82) is 0 Å². The Morgan fingerprint density at radius 1 is 1.23 bits per heavy atom. The summed E-state index contributed by atoms with van der Waals surface area (Å²) in [6.07, 6.45) is 2.21. The first-order chi connectivity index (χ1) is 14.4. The fourth-order valence-electron chi connectivity index (χ4n) is 2.90. The highest BCUT2D eigenvalue weighted by molar-refractivity contribution is 6.38. The summed E-state index contributed by atoms with van der Waals surface area (Å²) in [5.74, 6) is -0.0595. The third kappa shape index (κ3) is 5.20. The molecular formula is C22H20Cl2N2O4. The van der Waals surface area contributed by atoms with E-state index in [9.17, 15) is 9.59 Å². The molecule has 30 heavy (non-hydrogen) atoms. The molecule has 3 rings (SSSR count). The molecule has 0 bridgehead atoms. The quantitative estimate of drug-likeness (QED) is 0.315. The topological polar surface area (TPSA) is 80.9 Å². The van der Waals surface area contributed by atoms with Gasteiger partial charge in [0.25, 0.3) is 5.91 Å². The van der Waals surface area contributed by atoms with Crippen molar-refractivity contribution in [3.63, 3.8) is 0 Å². The summed E-state index contributed by atoms with van der Waals surface area (Å²) in [6, 6.07) is 11.7. The molecule has 0 aliphatic heterocycles. The van der Waals surface area contributed by atoms with Gasteiger partial charge in [0.05, 0.1) is 16.3 Å². The average Bonchev–Trinajstić information content (AvgIpc) is 2.70. The minimum Gasteiger partial charge on any atom is -0.481 e. The van der Waals surface area contributed by atoms with Crippen LogP contribution in [-0.2, 0) is 11.2 Å². The van der Waals surface area contributed by atoms with E-state index in [0.717, 1.165) is 23.8 Å². The van der Waals surface area contributed by atoms with Gasteiger partial charge in [0.15, 0.2) is 6.10 Å². The second-order valence-electron chi connectivity index (χ2n) is 6.63. The van der Waals surface area contributed by atoms with E-state index in [2.05, 4.69) is 10.5 Å². The van der Waals surface area contributed by atoms with Gasteiger partial charge < -0.3 is 9.15 Å². The van der Waals surface area contributed by atoms with Crippen LogP contribution < -0.4 is 15.8 Å². The smallest absolute Gasteiger partial charge is 0.336 e. The summed E-state index contributed by atoms with van der Waals surface area (Å²) in [5.41, 5.74) is 3.82. The molecule has 1 unspecified atom stereocenters. The molecule has 1 atom stereocenters. The molecule has 6 nitrogen and oxygen atoms in total. The van der Waals surface area contributed by atoms with Crippen LogP contribution in [0, 0.1) is 0 Å². The second kappa shape index (κ2) is 9.78. The van der Waals surface area contributed by atoms with E-state index in [4.69, 9.17) is 32.4 Å². The van der Waals surface area contributed by atoms with Gasteiger partial charge in [0.2, 0.25) is 0 Å². The van der Waals surface area contributed by atoms with Crippen LogP contribution in [0.4, 0.5) is 0 Å². The summed E-state index contributed by atoms with van der Waals surface area (Å²) in [5, 5.41) is 5.58. The lowest BCUT2D eigenvalue weighted by molar-refractivity contribution is -0.127. The summed E-state index contributed by atoms with van der Waals surface area (Å²) in [4.78, 5) is 24.1. The number of amides is 1. The molecule has 8 heteroatoms. The molecule has 0 saturated carbocycles. The van der Waals surface area contributed by atoms with Crippen LogP contribution in [0.1, 0.15) is 31.4 Å². The Balaban J connectivity index is 1.70. The average molecular weight is 447 g/mol. The molecule has 0 fully saturated rings. The maximum Gasteiger partial charge on any atom is 0.336 e. The van der Waals surface area contributed by atoms with Crippen LogP contribution in [0.15, 0.2) is 56.8 Å². The third-order valence-electron chi connectivity index (χ3n) is 4.37. The Kier molecular flexibility index (Phi) is 7.13. The van der Waals surface area contributed by atoms with Gasteiger partial charge in [-0.25, -0.2) is 10.2 Å². The van der Waals surface area contributed by atoms with Crippen molar-refractivity contribution in [3.05, 3.63) is 74.1 Å². The summed E-state index contributed by atoms with van der Waals surface area (Å²) < 4.78 is 11.0. The lowest BCUT2D eigenvalue weighted by Gasteiger charge is -2.13. The minimum atomic E-state index is -0.841. The van der Waals surface area contributed by atoms with Gasteiger partial charge in [-0.3, -0.25) is 4.79 Å². The number of carbonyl (C=O) groups excluding carboxylic acids is 1. The lowest BCUT2D eigenvalue weighted by Crippen LogP contribution is -2.33. The zero-order valence-corrected chi connectivity index (χ0v) is 18.0. The van der Waals surface area contributed by atoms with Crippen LogP contribution >= 0.6 is 23.2 Å². The van der Waals surface area contributed by atoms with Gasteiger partial charge in [-0.2, -0.15) is 5.10 Å². The fourth-order valence-corrected chi connectivity index (χ4v) is 3.40. The van der Waals surface area contributed by atoms with E-state index >= 15 is 0 Å². The normalized spacial score (nSPS) is 12.3. The van der Waals surface area contributed by atoms with Crippen molar-refractivity contribution < 1.29 is 13.9 Å². The second-order valence-corrected chi connectivity index (χ2v) is 7.44. The molecule has 0 aliphatic rings. The van der Waals surface area contributed by atoms with E-state index in [-0.39, 0.29) is 0 Å². The van der Waals surface area contributed by atoms with E-state index in [1.165, 1.54) is 12.3 Å². The van der Waals surface area contributed by atoms with Gasteiger partial charge in [-0.1, -0.05) is 42.6 Å². The van der Waals surface area contributed by atoms with E-state index < -0.39 is 17.6 Å². The summed E-state index contributed by atoms with van der Waals surface area (Å²) in [6.45, 7) is 3.63. The third-order valence-corrected chi connectivity index (χ3v) is 5.03. The number of hydrogen-bond acceptors (Lipinski definition) is 5. The van der Waals surface area contributed by atoms with Crippen molar-refractivity contribution in [2.45, 2.75) is 32.8 Å². The number of fused-ring (bicyclic) bond motifs is 1. The Hall–Kier alpha value is -2.83. The van der Waals surface area contributed by atoms with Crippen molar-refractivity contribution in [1.82, 2.24) is 5.43 Å². The summed E-state index contributed by atoms with van der Waals surface area (Å²) >= 11 is 12.1. The number of benzene rings is 2. The highest BCUT2D eigenvalue weighted by Crippen LogP contribution is 2.24. The standard InChI is InChI=1S/C22H20Cl2N2O4/c1-3-5-14-10-21(27)30-20-11-15(8-9-16(14)20)29-13(2)22(28)26-25-12-17-18(23)6-4-7-19(17)24/h4,6-13H,3,5H2,1-2H3,(H,26,28)/b25-12+. The van der Waals surface area contributed by atoms with Crippen molar-refractivity contribution >= 4 is 46.3 Å². The van der Waals surface area contributed by atoms with Crippen molar-refractivity contribution in [2.75, 3.05) is 0 Å². The Labute approximate surface area is 183 Å². The molecule has 1 amide bonds. The zero-order chi connectivity index (χ0) is 21.7. The number of hydrazone groups is 1. The molecule has 0 saturated heterocycles. The maximum atomic E-state index is 12.3. The number of carbonyl (C=O) groups is 1. The minimum absolute atomic E-state index is 0.403. The van der Waals surface area contributed by atoms with Crippen LogP contribution in [0.2, 0.25) is 10.0 Å². The van der Waals surface area contributed by atoms with Gasteiger partial charge in [0.1, 0.15) is 11.3 Å².